The average molecular weight is 359 g/mol. The lowest BCUT2D eigenvalue weighted by molar-refractivity contribution is -0.137. The smallest absolute Gasteiger partial charge is 0.409 e. The van der Waals surface area contributed by atoms with Gasteiger partial charge < -0.3 is 14.5 Å². The minimum atomic E-state index is -0.276. The second-order valence-corrected chi connectivity index (χ2v) is 7.13. The van der Waals surface area contributed by atoms with Gasteiger partial charge in [-0.15, -0.1) is 0 Å². The Labute approximate surface area is 155 Å². The maximum Gasteiger partial charge on any atom is 0.409 e. The van der Waals surface area contributed by atoms with E-state index in [0.29, 0.717) is 32.8 Å². The number of piperazine rings is 1. The number of nitrogens with zero attached hydrogens (tertiary/aromatic N) is 3. The van der Waals surface area contributed by atoms with Gasteiger partial charge in [-0.3, -0.25) is 9.69 Å². The molecule has 6 heteroatoms. The molecular weight excluding hydrogens is 330 g/mol. The highest BCUT2D eigenvalue weighted by Crippen LogP contribution is 2.23. The fourth-order valence-corrected chi connectivity index (χ4v) is 3.87. The van der Waals surface area contributed by atoms with E-state index < -0.39 is 0 Å². The number of hydrogen-bond acceptors (Lipinski definition) is 4. The highest BCUT2D eigenvalue weighted by molar-refractivity contribution is 5.82. The highest BCUT2D eigenvalue weighted by atomic mass is 16.6. The minimum absolute atomic E-state index is 0.0374. The van der Waals surface area contributed by atoms with Crippen LogP contribution >= 0.6 is 0 Å². The summed E-state index contributed by atoms with van der Waals surface area (Å²) < 4.78 is 5.05. The van der Waals surface area contributed by atoms with E-state index in [9.17, 15) is 9.59 Å². The third-order valence-corrected chi connectivity index (χ3v) is 5.23. The molecule has 0 spiro atoms. The summed E-state index contributed by atoms with van der Waals surface area (Å²) in [5, 5.41) is 0. The molecule has 1 aromatic carbocycles. The summed E-state index contributed by atoms with van der Waals surface area (Å²) in [7, 11) is 0. The van der Waals surface area contributed by atoms with E-state index in [1.54, 1.807) is 11.8 Å². The van der Waals surface area contributed by atoms with Gasteiger partial charge in [-0.2, -0.15) is 0 Å². The van der Waals surface area contributed by atoms with E-state index in [-0.39, 0.29) is 18.0 Å². The van der Waals surface area contributed by atoms with Crippen LogP contribution < -0.4 is 0 Å². The van der Waals surface area contributed by atoms with Crippen molar-refractivity contribution in [2.24, 2.45) is 0 Å². The molecule has 2 aliphatic heterocycles. The Morgan fingerprint density at radius 3 is 2.54 bits per heavy atom. The third kappa shape index (κ3) is 4.36. The maximum atomic E-state index is 13.0. The number of carbonyl (C=O) groups excluding carboxylic acids is 2. The molecule has 2 aliphatic rings. The van der Waals surface area contributed by atoms with Crippen molar-refractivity contribution in [1.82, 2.24) is 14.7 Å². The van der Waals surface area contributed by atoms with Gasteiger partial charge in [-0.1, -0.05) is 29.8 Å². The largest absolute Gasteiger partial charge is 0.450 e. The van der Waals surface area contributed by atoms with Crippen molar-refractivity contribution >= 4 is 12.0 Å². The van der Waals surface area contributed by atoms with Crippen LogP contribution in [0.5, 0.6) is 0 Å². The first-order valence-electron chi connectivity index (χ1n) is 9.58. The molecule has 0 N–H and O–H groups in total. The molecule has 0 aromatic heterocycles. The number of aryl methyl sites for hydroxylation is 1. The molecule has 142 valence electrons. The molecule has 2 amide bonds. The molecule has 3 rings (SSSR count). The molecule has 2 saturated heterocycles. The van der Waals surface area contributed by atoms with Crippen molar-refractivity contribution in [3.63, 3.8) is 0 Å². The SMILES string of the molecule is CCOC(=O)N1CCN(C(=O)C2CCCN2Cc2cccc(C)c2)CC1. The van der Waals surface area contributed by atoms with Crippen LogP contribution in [0, 0.1) is 6.92 Å². The van der Waals surface area contributed by atoms with Crippen molar-refractivity contribution < 1.29 is 14.3 Å². The highest BCUT2D eigenvalue weighted by Gasteiger charge is 2.35. The van der Waals surface area contributed by atoms with Crippen LogP contribution in [-0.4, -0.2) is 72.1 Å². The van der Waals surface area contributed by atoms with Crippen LogP contribution in [0.25, 0.3) is 0 Å². The predicted octanol–water partition coefficient (Wildman–Crippen LogP) is 2.26. The molecule has 1 atom stereocenters. The second kappa shape index (κ2) is 8.54. The number of likely N-dealkylation sites (tertiary alicyclic amines) is 1. The van der Waals surface area contributed by atoms with E-state index in [1.165, 1.54) is 11.1 Å². The molecule has 0 saturated carbocycles. The summed E-state index contributed by atoms with van der Waals surface area (Å²) in [5.41, 5.74) is 2.51. The average Bonchev–Trinajstić information content (AvgIpc) is 3.09. The van der Waals surface area contributed by atoms with Crippen LogP contribution in [0.1, 0.15) is 30.9 Å². The van der Waals surface area contributed by atoms with Gasteiger partial charge in [0.2, 0.25) is 5.91 Å². The zero-order valence-corrected chi connectivity index (χ0v) is 15.8. The summed E-state index contributed by atoms with van der Waals surface area (Å²) in [4.78, 5) is 30.7. The van der Waals surface area contributed by atoms with Gasteiger partial charge in [0.1, 0.15) is 0 Å². The summed E-state index contributed by atoms with van der Waals surface area (Å²) in [6.07, 6.45) is 1.70. The van der Waals surface area contributed by atoms with Gasteiger partial charge in [0.15, 0.2) is 0 Å². The zero-order chi connectivity index (χ0) is 18.5. The summed E-state index contributed by atoms with van der Waals surface area (Å²) in [5.74, 6) is 0.207. The van der Waals surface area contributed by atoms with Crippen molar-refractivity contribution in [2.45, 2.75) is 39.3 Å². The first-order valence-corrected chi connectivity index (χ1v) is 9.58. The molecule has 1 aromatic rings. The standard InChI is InChI=1S/C20H29N3O3/c1-3-26-20(25)22-12-10-21(11-13-22)19(24)18-8-5-9-23(18)15-17-7-4-6-16(2)14-17/h4,6-7,14,18H,3,5,8-13,15H2,1-2H3. The van der Waals surface area contributed by atoms with Crippen LogP contribution in [0.15, 0.2) is 24.3 Å². The van der Waals surface area contributed by atoms with Crippen molar-refractivity contribution in [2.75, 3.05) is 39.3 Å². The third-order valence-electron chi connectivity index (χ3n) is 5.23. The molecule has 1 unspecified atom stereocenters. The van der Waals surface area contributed by atoms with E-state index >= 15 is 0 Å². The Morgan fingerprint density at radius 1 is 1.12 bits per heavy atom. The number of amides is 2. The molecule has 2 fully saturated rings. The lowest BCUT2D eigenvalue weighted by atomic mass is 10.1. The molecule has 6 nitrogen and oxygen atoms in total. The molecule has 26 heavy (non-hydrogen) atoms. The van der Waals surface area contributed by atoms with Crippen LogP contribution in [0.2, 0.25) is 0 Å². The fourth-order valence-electron chi connectivity index (χ4n) is 3.87. The molecular formula is C20H29N3O3. The Balaban J connectivity index is 1.56. The van der Waals surface area contributed by atoms with Gasteiger partial charge in [-0.05, 0) is 38.8 Å². The Morgan fingerprint density at radius 2 is 1.85 bits per heavy atom. The van der Waals surface area contributed by atoms with Gasteiger partial charge in [-0.25, -0.2) is 4.79 Å². The number of benzene rings is 1. The molecule has 0 bridgehead atoms. The van der Waals surface area contributed by atoms with E-state index in [0.717, 1.165) is 25.9 Å². The number of carbonyl (C=O) groups is 2. The lowest BCUT2D eigenvalue weighted by Crippen LogP contribution is -2.54. The lowest BCUT2D eigenvalue weighted by Gasteiger charge is -2.36. The normalized spacial score (nSPS) is 21.1. The minimum Gasteiger partial charge on any atom is -0.450 e. The predicted molar refractivity (Wildman–Crippen MR) is 99.8 cm³/mol. The van der Waals surface area contributed by atoms with Gasteiger partial charge in [0, 0.05) is 32.7 Å². The van der Waals surface area contributed by atoms with Crippen LogP contribution in [0.4, 0.5) is 4.79 Å². The topological polar surface area (TPSA) is 53.1 Å². The van der Waals surface area contributed by atoms with E-state index in [1.807, 2.05) is 4.90 Å². The fraction of sp³-hybridized carbons (Fsp3) is 0.600. The van der Waals surface area contributed by atoms with Gasteiger partial charge in [0.25, 0.3) is 0 Å². The summed E-state index contributed by atoms with van der Waals surface area (Å²) in [6.45, 7) is 8.35. The Bertz CT molecular complexity index is 641. The van der Waals surface area contributed by atoms with E-state index in [4.69, 9.17) is 4.74 Å². The molecule has 2 heterocycles. The van der Waals surface area contributed by atoms with Crippen molar-refractivity contribution in [3.05, 3.63) is 35.4 Å². The monoisotopic (exact) mass is 359 g/mol. The van der Waals surface area contributed by atoms with Crippen LogP contribution in [0.3, 0.4) is 0 Å². The molecule has 0 aliphatic carbocycles. The van der Waals surface area contributed by atoms with Crippen LogP contribution in [-0.2, 0) is 16.1 Å². The molecule has 0 radical (unpaired) electrons. The first-order chi connectivity index (χ1) is 12.6. The number of hydrogen-bond donors (Lipinski definition) is 0. The number of rotatable bonds is 4. The summed E-state index contributed by atoms with van der Waals surface area (Å²) in [6, 6.07) is 8.46. The Kier molecular flexibility index (Phi) is 6.14. The van der Waals surface area contributed by atoms with Crippen molar-refractivity contribution in [1.29, 1.82) is 0 Å². The summed E-state index contributed by atoms with van der Waals surface area (Å²) >= 11 is 0. The van der Waals surface area contributed by atoms with Gasteiger partial charge >= 0.3 is 6.09 Å². The van der Waals surface area contributed by atoms with Crippen molar-refractivity contribution in [3.8, 4) is 0 Å². The first kappa shape index (κ1) is 18.7. The van der Waals surface area contributed by atoms with Gasteiger partial charge in [0.05, 0.1) is 12.6 Å². The van der Waals surface area contributed by atoms with E-state index in [2.05, 4.69) is 36.1 Å². The zero-order valence-electron chi connectivity index (χ0n) is 15.8. The quantitative estimate of drug-likeness (QED) is 0.827. The maximum absolute atomic E-state index is 13.0. The second-order valence-electron chi connectivity index (χ2n) is 7.13. The Hall–Kier alpha value is -2.08. The number of ether oxygens (including phenoxy) is 1.